The Morgan fingerprint density at radius 3 is 2.71 bits per heavy atom. The number of hydrazone groups is 1. The molecule has 0 aliphatic carbocycles. The number of carbonyl (C=O) groups is 1. The van der Waals surface area contributed by atoms with Gasteiger partial charge in [-0.15, -0.1) is 0 Å². The molecule has 0 saturated heterocycles. The van der Waals surface area contributed by atoms with Gasteiger partial charge in [-0.25, -0.2) is 9.82 Å². The summed E-state index contributed by atoms with van der Waals surface area (Å²) in [6.45, 7) is 0. The Hall–Kier alpha value is -2.95. The van der Waals surface area contributed by atoms with Crippen molar-refractivity contribution in [2.24, 2.45) is 5.10 Å². The van der Waals surface area contributed by atoms with E-state index in [1.807, 2.05) is 24.3 Å². The predicted octanol–water partition coefficient (Wildman–Crippen LogP) is 3.07. The lowest BCUT2D eigenvalue weighted by Crippen LogP contribution is -2.17. The minimum Gasteiger partial charge on any atom is -0.350 e. The third-order valence-corrected chi connectivity index (χ3v) is 3.05. The van der Waals surface area contributed by atoms with E-state index in [4.69, 9.17) is 0 Å². The minimum atomic E-state index is -0.388. The number of H-pyrrole nitrogens is 1. The number of aromatic nitrogens is 1. The number of nitrogens with zero attached hydrogens (tertiary/aromatic N) is 1. The first-order valence-corrected chi connectivity index (χ1v) is 6.40. The number of hydrogen-bond acceptors (Lipinski definition) is 2. The molecule has 0 spiro atoms. The van der Waals surface area contributed by atoms with Crippen LogP contribution in [0.3, 0.4) is 0 Å². The Labute approximate surface area is 120 Å². The van der Waals surface area contributed by atoms with Gasteiger partial charge in [-0.3, -0.25) is 4.79 Å². The molecule has 1 aromatic heterocycles. The summed E-state index contributed by atoms with van der Waals surface area (Å²) in [5.74, 6) is -0.764. The zero-order chi connectivity index (χ0) is 14.7. The lowest BCUT2D eigenvalue weighted by Gasteiger charge is -1.97. The topological polar surface area (TPSA) is 57.2 Å². The second kappa shape index (κ2) is 5.58. The van der Waals surface area contributed by atoms with Gasteiger partial charge in [-0.1, -0.05) is 36.4 Å². The number of fused-ring (bicyclic) bond motifs is 1. The molecule has 4 nitrogen and oxygen atoms in total. The summed E-state index contributed by atoms with van der Waals surface area (Å²) in [6.07, 6.45) is 1.27. The van der Waals surface area contributed by atoms with Crippen molar-refractivity contribution in [3.8, 4) is 0 Å². The molecule has 3 rings (SSSR count). The molecule has 3 aromatic rings. The minimum absolute atomic E-state index is 0.314. The van der Waals surface area contributed by atoms with Crippen LogP contribution in [-0.2, 0) is 0 Å². The molecular formula is C16H12FN3O. The summed E-state index contributed by atoms with van der Waals surface area (Å²) in [5, 5.41) is 4.71. The number of amides is 1. The SMILES string of the molecule is O=C(N/N=C/c1ccccc1F)c1cc2ccccc2[nH]1. The summed E-state index contributed by atoms with van der Waals surface area (Å²) in [6, 6.07) is 15.5. The van der Waals surface area contributed by atoms with Gasteiger partial charge in [-0.05, 0) is 18.2 Å². The lowest BCUT2D eigenvalue weighted by molar-refractivity contribution is 0.0951. The molecule has 2 aromatic carbocycles. The van der Waals surface area contributed by atoms with Gasteiger partial charge in [0.25, 0.3) is 5.91 Å². The average Bonchev–Trinajstić information content (AvgIpc) is 2.93. The Morgan fingerprint density at radius 1 is 1.14 bits per heavy atom. The van der Waals surface area contributed by atoms with Crippen LogP contribution in [0, 0.1) is 5.82 Å². The van der Waals surface area contributed by atoms with Crippen LogP contribution in [-0.4, -0.2) is 17.1 Å². The van der Waals surface area contributed by atoms with E-state index in [9.17, 15) is 9.18 Å². The molecule has 0 saturated carbocycles. The number of benzene rings is 2. The van der Waals surface area contributed by atoms with Gasteiger partial charge in [0.2, 0.25) is 0 Å². The molecule has 21 heavy (non-hydrogen) atoms. The van der Waals surface area contributed by atoms with Gasteiger partial charge in [-0.2, -0.15) is 5.10 Å². The van der Waals surface area contributed by atoms with E-state index in [2.05, 4.69) is 15.5 Å². The molecule has 0 bridgehead atoms. The van der Waals surface area contributed by atoms with Crippen LogP contribution in [0.25, 0.3) is 10.9 Å². The number of rotatable bonds is 3. The molecule has 0 aliphatic heterocycles. The molecule has 104 valence electrons. The van der Waals surface area contributed by atoms with Crippen LogP contribution in [0.5, 0.6) is 0 Å². The number of nitrogens with one attached hydrogen (secondary N) is 2. The first kappa shape index (κ1) is 13.1. The van der Waals surface area contributed by atoms with Gasteiger partial charge in [0, 0.05) is 16.5 Å². The maximum atomic E-state index is 13.4. The Balaban J connectivity index is 1.73. The zero-order valence-corrected chi connectivity index (χ0v) is 11.0. The summed E-state index contributed by atoms with van der Waals surface area (Å²) in [4.78, 5) is 14.9. The summed E-state index contributed by atoms with van der Waals surface area (Å²) < 4.78 is 13.4. The standard InChI is InChI=1S/C16H12FN3O/c17-13-7-3-1-6-12(13)10-18-20-16(21)15-9-11-5-2-4-8-14(11)19-15/h1-10,19H,(H,20,21)/b18-10+. The Bertz CT molecular complexity index is 790. The van der Waals surface area contributed by atoms with E-state index >= 15 is 0 Å². The molecule has 1 heterocycles. The first-order chi connectivity index (χ1) is 10.2. The zero-order valence-electron chi connectivity index (χ0n) is 11.0. The number of para-hydroxylation sites is 1. The smallest absolute Gasteiger partial charge is 0.287 e. The van der Waals surface area contributed by atoms with Crippen LogP contribution in [0.2, 0.25) is 0 Å². The van der Waals surface area contributed by atoms with Crippen LogP contribution in [0.1, 0.15) is 16.1 Å². The third-order valence-electron chi connectivity index (χ3n) is 3.05. The third kappa shape index (κ3) is 2.81. The van der Waals surface area contributed by atoms with E-state index in [1.54, 1.807) is 24.3 Å². The summed E-state index contributed by atoms with van der Waals surface area (Å²) >= 11 is 0. The number of hydrogen-bond donors (Lipinski definition) is 2. The van der Waals surface area contributed by atoms with E-state index < -0.39 is 0 Å². The lowest BCUT2D eigenvalue weighted by atomic mass is 10.2. The van der Waals surface area contributed by atoms with E-state index in [-0.39, 0.29) is 11.7 Å². The fourth-order valence-corrected chi connectivity index (χ4v) is 2.00. The fourth-order valence-electron chi connectivity index (χ4n) is 2.00. The van der Waals surface area contributed by atoms with Crippen molar-refractivity contribution in [2.75, 3.05) is 0 Å². The number of carbonyl (C=O) groups excluding carboxylic acids is 1. The van der Waals surface area contributed by atoms with Gasteiger partial charge >= 0.3 is 0 Å². The van der Waals surface area contributed by atoms with Crippen LogP contribution < -0.4 is 5.43 Å². The Kier molecular flexibility index (Phi) is 3.47. The van der Waals surface area contributed by atoms with Crippen molar-refractivity contribution in [2.45, 2.75) is 0 Å². The van der Waals surface area contributed by atoms with Crippen LogP contribution >= 0.6 is 0 Å². The van der Waals surface area contributed by atoms with Crippen molar-refractivity contribution in [1.29, 1.82) is 0 Å². The van der Waals surface area contributed by atoms with Crippen molar-refractivity contribution in [3.05, 3.63) is 71.7 Å². The fraction of sp³-hybridized carbons (Fsp3) is 0. The molecule has 1 amide bonds. The highest BCUT2D eigenvalue weighted by Crippen LogP contribution is 2.14. The van der Waals surface area contributed by atoms with Crippen LogP contribution in [0.4, 0.5) is 4.39 Å². The second-order valence-corrected chi connectivity index (χ2v) is 4.49. The highest BCUT2D eigenvalue weighted by Gasteiger charge is 2.07. The summed E-state index contributed by atoms with van der Waals surface area (Å²) in [5.41, 5.74) is 3.96. The van der Waals surface area contributed by atoms with Crippen molar-refractivity contribution < 1.29 is 9.18 Å². The maximum absolute atomic E-state index is 13.4. The first-order valence-electron chi connectivity index (χ1n) is 6.40. The van der Waals surface area contributed by atoms with Crippen molar-refractivity contribution in [3.63, 3.8) is 0 Å². The number of halogens is 1. The highest BCUT2D eigenvalue weighted by molar-refractivity contribution is 5.98. The molecule has 0 atom stereocenters. The van der Waals surface area contributed by atoms with E-state index in [0.717, 1.165) is 10.9 Å². The molecule has 0 aliphatic rings. The van der Waals surface area contributed by atoms with Gasteiger partial charge in [0.1, 0.15) is 11.5 Å². The monoisotopic (exact) mass is 281 g/mol. The highest BCUT2D eigenvalue weighted by atomic mass is 19.1. The second-order valence-electron chi connectivity index (χ2n) is 4.49. The quantitative estimate of drug-likeness (QED) is 0.562. The van der Waals surface area contributed by atoms with Gasteiger partial charge in [0.05, 0.1) is 6.21 Å². The van der Waals surface area contributed by atoms with E-state index in [1.165, 1.54) is 12.3 Å². The molecule has 0 unspecified atom stereocenters. The van der Waals surface area contributed by atoms with Crippen molar-refractivity contribution in [1.82, 2.24) is 10.4 Å². The predicted molar refractivity (Wildman–Crippen MR) is 79.8 cm³/mol. The van der Waals surface area contributed by atoms with Crippen LogP contribution in [0.15, 0.2) is 59.7 Å². The maximum Gasteiger partial charge on any atom is 0.287 e. The average molecular weight is 281 g/mol. The Morgan fingerprint density at radius 2 is 1.90 bits per heavy atom. The van der Waals surface area contributed by atoms with E-state index in [0.29, 0.717) is 11.3 Å². The molecular weight excluding hydrogens is 269 g/mol. The van der Waals surface area contributed by atoms with Gasteiger partial charge < -0.3 is 4.98 Å². The molecule has 5 heteroatoms. The molecule has 0 fully saturated rings. The molecule has 2 N–H and O–H groups in total. The summed E-state index contributed by atoms with van der Waals surface area (Å²) in [7, 11) is 0. The largest absolute Gasteiger partial charge is 0.350 e. The van der Waals surface area contributed by atoms with Crippen molar-refractivity contribution >= 4 is 23.0 Å². The molecule has 0 radical (unpaired) electrons. The normalized spacial score (nSPS) is 11.1. The number of aromatic amines is 1. The van der Waals surface area contributed by atoms with Gasteiger partial charge in [0.15, 0.2) is 0 Å².